The number of aryl methyl sites for hydroxylation is 1. The standard InChI is InChI=1S/C26H29N7O2/c1-16-4-5-18(26(35)30-20-7-8-20)13-23(16)33-25(27)21(15-29-33)24(34)17-6-9-22-19(12-17)14-28-32(22)11-10-31(2)3/h4-6,9,12-15,20H,7-8,10-11,27H2,1-3H3,(H,30,35). The van der Waals surface area contributed by atoms with Crippen molar-refractivity contribution in [3.63, 3.8) is 0 Å². The van der Waals surface area contributed by atoms with Gasteiger partial charge >= 0.3 is 0 Å². The van der Waals surface area contributed by atoms with Crippen LogP contribution >= 0.6 is 0 Å². The van der Waals surface area contributed by atoms with Crippen molar-refractivity contribution in [3.05, 3.63) is 71.0 Å². The first kappa shape index (κ1) is 22.8. The molecule has 9 nitrogen and oxygen atoms in total. The smallest absolute Gasteiger partial charge is 0.251 e. The van der Waals surface area contributed by atoms with Crippen molar-refractivity contribution in [2.75, 3.05) is 26.4 Å². The van der Waals surface area contributed by atoms with E-state index >= 15 is 0 Å². The summed E-state index contributed by atoms with van der Waals surface area (Å²) in [7, 11) is 4.04. The number of ketones is 1. The van der Waals surface area contributed by atoms with E-state index in [1.165, 1.54) is 10.9 Å². The van der Waals surface area contributed by atoms with Crippen molar-refractivity contribution >= 4 is 28.4 Å². The lowest BCUT2D eigenvalue weighted by Crippen LogP contribution is -2.25. The van der Waals surface area contributed by atoms with Crippen molar-refractivity contribution in [2.45, 2.75) is 32.4 Å². The molecule has 0 aliphatic heterocycles. The Morgan fingerprint density at radius 1 is 1.09 bits per heavy atom. The number of nitrogens with two attached hydrogens (primary N) is 1. The van der Waals surface area contributed by atoms with Crippen LogP contribution in [0.25, 0.3) is 16.6 Å². The van der Waals surface area contributed by atoms with E-state index in [2.05, 4.69) is 20.4 Å². The number of nitrogen functional groups attached to an aromatic ring is 1. The van der Waals surface area contributed by atoms with Gasteiger partial charge in [-0.05, 0) is 69.8 Å². The summed E-state index contributed by atoms with van der Waals surface area (Å²) in [4.78, 5) is 28.0. The van der Waals surface area contributed by atoms with Gasteiger partial charge in [0.25, 0.3) is 5.91 Å². The fourth-order valence-electron chi connectivity index (χ4n) is 4.06. The van der Waals surface area contributed by atoms with E-state index in [0.717, 1.165) is 42.4 Å². The van der Waals surface area contributed by atoms with Crippen LogP contribution in [0.5, 0.6) is 0 Å². The molecule has 5 rings (SSSR count). The van der Waals surface area contributed by atoms with Gasteiger partial charge in [-0.25, -0.2) is 4.68 Å². The predicted octanol–water partition coefficient (Wildman–Crippen LogP) is 2.80. The van der Waals surface area contributed by atoms with Gasteiger partial charge in [-0.2, -0.15) is 10.2 Å². The molecule has 1 amide bonds. The summed E-state index contributed by atoms with van der Waals surface area (Å²) in [5.74, 6) is -0.0909. The Labute approximate surface area is 203 Å². The fraction of sp³-hybridized carbons (Fsp3) is 0.308. The van der Waals surface area contributed by atoms with Crippen LogP contribution in [0.2, 0.25) is 0 Å². The number of carbonyl (C=O) groups is 2. The number of amides is 1. The molecule has 0 spiro atoms. The van der Waals surface area contributed by atoms with Gasteiger partial charge in [-0.1, -0.05) is 6.07 Å². The third-order valence-electron chi connectivity index (χ3n) is 6.33. The first-order valence-corrected chi connectivity index (χ1v) is 11.7. The first-order valence-electron chi connectivity index (χ1n) is 11.7. The summed E-state index contributed by atoms with van der Waals surface area (Å²) in [6.07, 6.45) is 5.30. The second-order valence-electron chi connectivity index (χ2n) is 9.38. The number of nitrogens with one attached hydrogen (secondary N) is 1. The summed E-state index contributed by atoms with van der Waals surface area (Å²) in [5, 5.41) is 12.7. The van der Waals surface area contributed by atoms with Crippen molar-refractivity contribution in [3.8, 4) is 5.69 Å². The molecule has 0 unspecified atom stereocenters. The molecule has 1 fully saturated rings. The quantitative estimate of drug-likeness (QED) is 0.382. The Morgan fingerprint density at radius 3 is 2.60 bits per heavy atom. The molecule has 1 saturated carbocycles. The Kier molecular flexibility index (Phi) is 5.86. The van der Waals surface area contributed by atoms with Gasteiger partial charge in [0, 0.05) is 29.1 Å². The van der Waals surface area contributed by atoms with Gasteiger partial charge in [0.05, 0.1) is 35.7 Å². The van der Waals surface area contributed by atoms with Crippen molar-refractivity contribution in [1.82, 2.24) is 29.8 Å². The maximum atomic E-state index is 13.3. The first-order chi connectivity index (χ1) is 16.8. The number of anilines is 1. The normalized spacial score (nSPS) is 13.5. The zero-order chi connectivity index (χ0) is 24.7. The molecule has 2 heterocycles. The molecule has 1 aliphatic carbocycles. The highest BCUT2D eigenvalue weighted by molar-refractivity contribution is 6.13. The average Bonchev–Trinajstić information content (AvgIpc) is 3.43. The molecular weight excluding hydrogens is 442 g/mol. The van der Waals surface area contributed by atoms with E-state index in [0.29, 0.717) is 22.4 Å². The number of benzene rings is 2. The summed E-state index contributed by atoms with van der Waals surface area (Å²) in [6.45, 7) is 3.55. The van der Waals surface area contributed by atoms with Gasteiger partial charge in [0.2, 0.25) is 0 Å². The SMILES string of the molecule is Cc1ccc(C(=O)NC2CC2)cc1-n1ncc(C(=O)c2ccc3c(cnn3CCN(C)C)c2)c1N. The van der Waals surface area contributed by atoms with Crippen molar-refractivity contribution < 1.29 is 9.59 Å². The number of nitrogens with zero attached hydrogens (tertiary/aromatic N) is 5. The number of fused-ring (bicyclic) bond motifs is 1. The van der Waals surface area contributed by atoms with E-state index in [4.69, 9.17) is 5.73 Å². The highest BCUT2D eigenvalue weighted by atomic mass is 16.1. The molecule has 3 N–H and O–H groups in total. The monoisotopic (exact) mass is 471 g/mol. The van der Waals surface area contributed by atoms with Gasteiger partial charge < -0.3 is 16.0 Å². The lowest BCUT2D eigenvalue weighted by Gasteiger charge is -2.11. The topological polar surface area (TPSA) is 111 Å². The predicted molar refractivity (Wildman–Crippen MR) is 135 cm³/mol. The number of hydrogen-bond donors (Lipinski definition) is 2. The van der Waals surface area contributed by atoms with E-state index < -0.39 is 0 Å². The molecule has 9 heteroatoms. The third kappa shape index (κ3) is 4.54. The van der Waals surface area contributed by atoms with Crippen LogP contribution in [0.4, 0.5) is 5.82 Å². The summed E-state index contributed by atoms with van der Waals surface area (Å²) < 4.78 is 3.46. The Bertz CT molecular complexity index is 1430. The van der Waals surface area contributed by atoms with Crippen molar-refractivity contribution in [1.29, 1.82) is 0 Å². The van der Waals surface area contributed by atoms with Crippen LogP contribution < -0.4 is 11.1 Å². The molecular formula is C26H29N7O2. The highest BCUT2D eigenvalue weighted by Crippen LogP contribution is 2.26. The number of likely N-dealkylation sites (N-methyl/N-ethyl adjacent to an activating group) is 1. The van der Waals surface area contributed by atoms with Gasteiger partial charge in [0.15, 0.2) is 5.78 Å². The van der Waals surface area contributed by atoms with E-state index in [1.54, 1.807) is 24.4 Å². The highest BCUT2D eigenvalue weighted by Gasteiger charge is 2.25. The zero-order valence-electron chi connectivity index (χ0n) is 20.2. The van der Waals surface area contributed by atoms with Crippen LogP contribution in [0.1, 0.15) is 44.7 Å². The Hall–Kier alpha value is -3.98. The largest absolute Gasteiger partial charge is 0.383 e. The molecule has 0 atom stereocenters. The molecule has 180 valence electrons. The maximum absolute atomic E-state index is 13.3. The van der Waals surface area contributed by atoms with Gasteiger partial charge in [0.1, 0.15) is 5.82 Å². The second-order valence-corrected chi connectivity index (χ2v) is 9.38. The maximum Gasteiger partial charge on any atom is 0.251 e. The zero-order valence-corrected chi connectivity index (χ0v) is 20.2. The third-order valence-corrected chi connectivity index (χ3v) is 6.33. The van der Waals surface area contributed by atoms with Crippen LogP contribution in [0.15, 0.2) is 48.8 Å². The van der Waals surface area contributed by atoms with Crippen LogP contribution in [0, 0.1) is 6.92 Å². The average molecular weight is 472 g/mol. The Morgan fingerprint density at radius 2 is 1.86 bits per heavy atom. The molecule has 2 aromatic heterocycles. The van der Waals surface area contributed by atoms with E-state index in [1.807, 2.05) is 43.9 Å². The minimum Gasteiger partial charge on any atom is -0.383 e. The minimum absolute atomic E-state index is 0.116. The van der Waals surface area contributed by atoms with Crippen LogP contribution in [0.3, 0.4) is 0 Å². The Balaban J connectivity index is 1.42. The molecule has 0 radical (unpaired) electrons. The van der Waals surface area contributed by atoms with E-state index in [9.17, 15) is 9.59 Å². The number of rotatable bonds is 8. The van der Waals surface area contributed by atoms with Gasteiger partial charge in [-0.15, -0.1) is 0 Å². The number of aromatic nitrogens is 4. The molecule has 1 aliphatic rings. The number of carbonyl (C=O) groups excluding carboxylic acids is 2. The second kappa shape index (κ2) is 8.99. The van der Waals surface area contributed by atoms with Crippen LogP contribution in [-0.2, 0) is 6.54 Å². The van der Waals surface area contributed by atoms with Gasteiger partial charge in [-0.3, -0.25) is 14.3 Å². The lowest BCUT2D eigenvalue weighted by atomic mass is 10.0. The molecule has 2 aromatic carbocycles. The number of hydrogen-bond acceptors (Lipinski definition) is 6. The molecule has 0 saturated heterocycles. The fourth-order valence-corrected chi connectivity index (χ4v) is 4.06. The molecule has 4 aromatic rings. The van der Waals surface area contributed by atoms with E-state index in [-0.39, 0.29) is 23.6 Å². The minimum atomic E-state index is -0.211. The molecule has 0 bridgehead atoms. The van der Waals surface area contributed by atoms with Crippen LogP contribution in [-0.4, -0.2) is 62.8 Å². The lowest BCUT2D eigenvalue weighted by molar-refractivity contribution is 0.0950. The van der Waals surface area contributed by atoms with Crippen molar-refractivity contribution in [2.24, 2.45) is 0 Å². The summed E-state index contributed by atoms with van der Waals surface area (Å²) in [6, 6.07) is 11.2. The molecule has 35 heavy (non-hydrogen) atoms. The summed E-state index contributed by atoms with van der Waals surface area (Å²) >= 11 is 0. The summed E-state index contributed by atoms with van der Waals surface area (Å²) in [5.41, 5.74) is 10.3.